The molecule has 0 aliphatic heterocycles. The van der Waals surface area contributed by atoms with Crippen LogP contribution in [-0.2, 0) is 0 Å². The van der Waals surface area contributed by atoms with E-state index in [9.17, 15) is 5.26 Å². The molecule has 0 saturated heterocycles. The standard InChI is InChI=1S/C15H19N3/c16-8-14(18-2-1-17-9-18)15-12-4-10-3-11(6-12)7-13(15)5-10/h1-2,9-15H,3-7H2. The van der Waals surface area contributed by atoms with Gasteiger partial charge >= 0.3 is 0 Å². The van der Waals surface area contributed by atoms with E-state index in [0.29, 0.717) is 5.92 Å². The van der Waals surface area contributed by atoms with E-state index in [-0.39, 0.29) is 6.04 Å². The van der Waals surface area contributed by atoms with Gasteiger partial charge in [0.05, 0.1) is 12.4 Å². The molecular weight excluding hydrogens is 222 g/mol. The van der Waals surface area contributed by atoms with Crippen molar-refractivity contribution in [1.29, 1.82) is 5.26 Å². The van der Waals surface area contributed by atoms with Gasteiger partial charge in [0.15, 0.2) is 0 Å². The maximum atomic E-state index is 9.58. The van der Waals surface area contributed by atoms with Crippen LogP contribution < -0.4 is 0 Å². The molecule has 5 rings (SSSR count). The molecule has 1 aromatic rings. The number of hydrogen-bond acceptors (Lipinski definition) is 2. The van der Waals surface area contributed by atoms with Crippen LogP contribution in [0.2, 0.25) is 0 Å². The summed E-state index contributed by atoms with van der Waals surface area (Å²) >= 11 is 0. The Morgan fingerprint density at radius 1 is 1.11 bits per heavy atom. The normalized spacial score (nSPS) is 42.7. The quantitative estimate of drug-likeness (QED) is 0.798. The van der Waals surface area contributed by atoms with Crippen molar-refractivity contribution in [2.45, 2.75) is 38.1 Å². The van der Waals surface area contributed by atoms with Gasteiger partial charge < -0.3 is 4.57 Å². The molecule has 4 aliphatic rings. The third-order valence-electron chi connectivity index (χ3n) is 5.64. The number of nitrogens with zero attached hydrogens (tertiary/aromatic N) is 3. The van der Waals surface area contributed by atoms with E-state index in [4.69, 9.17) is 0 Å². The van der Waals surface area contributed by atoms with Crippen LogP contribution in [0.15, 0.2) is 18.7 Å². The summed E-state index contributed by atoms with van der Waals surface area (Å²) in [6.07, 6.45) is 12.6. The molecule has 0 spiro atoms. The van der Waals surface area contributed by atoms with E-state index < -0.39 is 0 Å². The Labute approximate surface area is 108 Å². The average Bonchev–Trinajstić information content (AvgIpc) is 2.86. The lowest BCUT2D eigenvalue weighted by molar-refractivity contribution is -0.0496. The highest BCUT2D eigenvalue weighted by atomic mass is 15.1. The van der Waals surface area contributed by atoms with Crippen LogP contribution in [0.3, 0.4) is 0 Å². The van der Waals surface area contributed by atoms with E-state index in [1.54, 1.807) is 6.20 Å². The molecule has 1 heterocycles. The largest absolute Gasteiger partial charge is 0.321 e. The molecule has 1 unspecified atom stereocenters. The van der Waals surface area contributed by atoms with Crippen LogP contribution in [0.25, 0.3) is 0 Å². The van der Waals surface area contributed by atoms with Gasteiger partial charge in [-0.15, -0.1) is 0 Å². The van der Waals surface area contributed by atoms with Crippen molar-refractivity contribution in [1.82, 2.24) is 9.55 Å². The summed E-state index contributed by atoms with van der Waals surface area (Å²) in [6, 6.07) is 2.57. The lowest BCUT2D eigenvalue weighted by Gasteiger charge is -2.55. The molecule has 0 N–H and O–H groups in total. The molecule has 1 atom stereocenters. The first-order valence-corrected chi connectivity index (χ1v) is 7.22. The summed E-state index contributed by atoms with van der Waals surface area (Å²) in [5, 5.41) is 9.58. The Hall–Kier alpha value is -1.30. The average molecular weight is 241 g/mol. The summed E-state index contributed by atoms with van der Waals surface area (Å²) in [5.74, 6) is 4.13. The smallest absolute Gasteiger partial charge is 0.125 e. The zero-order chi connectivity index (χ0) is 12.1. The molecule has 4 saturated carbocycles. The minimum Gasteiger partial charge on any atom is -0.321 e. The minimum atomic E-state index is 0.0162. The molecule has 1 aromatic heterocycles. The van der Waals surface area contributed by atoms with Gasteiger partial charge in [0.25, 0.3) is 0 Å². The van der Waals surface area contributed by atoms with E-state index in [1.165, 1.54) is 32.1 Å². The molecular formula is C15H19N3. The fraction of sp³-hybridized carbons (Fsp3) is 0.733. The zero-order valence-electron chi connectivity index (χ0n) is 10.6. The van der Waals surface area contributed by atoms with Gasteiger partial charge in [0.2, 0.25) is 0 Å². The van der Waals surface area contributed by atoms with Gasteiger partial charge in [-0.25, -0.2) is 4.98 Å². The molecule has 4 fully saturated rings. The SMILES string of the molecule is N#CC(C1C2CC3CC(C2)CC1C3)n1ccnc1. The van der Waals surface area contributed by atoms with Gasteiger partial charge in [0.1, 0.15) is 6.04 Å². The van der Waals surface area contributed by atoms with Crippen molar-refractivity contribution >= 4 is 0 Å². The highest BCUT2D eigenvalue weighted by Gasteiger charge is 2.50. The number of nitriles is 1. The van der Waals surface area contributed by atoms with Crippen LogP contribution in [0.5, 0.6) is 0 Å². The summed E-state index contributed by atoms with van der Waals surface area (Å²) < 4.78 is 2.03. The number of imidazole rings is 1. The fourth-order valence-corrected chi connectivity index (χ4v) is 5.27. The van der Waals surface area contributed by atoms with E-state index in [2.05, 4.69) is 11.1 Å². The summed E-state index contributed by atoms with van der Waals surface area (Å²) in [5.41, 5.74) is 0. The molecule has 4 aliphatic carbocycles. The van der Waals surface area contributed by atoms with Crippen LogP contribution in [0, 0.1) is 40.9 Å². The first-order valence-electron chi connectivity index (χ1n) is 7.22. The van der Waals surface area contributed by atoms with Crippen molar-refractivity contribution < 1.29 is 0 Å². The summed E-state index contributed by atoms with van der Waals surface area (Å²) in [6.45, 7) is 0. The molecule has 94 valence electrons. The third-order valence-corrected chi connectivity index (χ3v) is 5.64. The van der Waals surface area contributed by atoms with Crippen LogP contribution >= 0.6 is 0 Å². The second kappa shape index (κ2) is 3.85. The number of hydrogen-bond donors (Lipinski definition) is 0. The van der Waals surface area contributed by atoms with Crippen molar-refractivity contribution in [2.24, 2.45) is 29.6 Å². The lowest BCUT2D eigenvalue weighted by Crippen LogP contribution is -2.47. The van der Waals surface area contributed by atoms with Crippen LogP contribution in [0.4, 0.5) is 0 Å². The van der Waals surface area contributed by atoms with Gasteiger partial charge in [-0.1, -0.05) is 0 Å². The van der Waals surface area contributed by atoms with Gasteiger partial charge in [-0.3, -0.25) is 0 Å². The Kier molecular flexibility index (Phi) is 2.27. The van der Waals surface area contributed by atoms with Gasteiger partial charge in [-0.2, -0.15) is 5.26 Å². The third kappa shape index (κ3) is 1.44. The molecule has 3 heteroatoms. The zero-order valence-corrected chi connectivity index (χ0v) is 10.6. The molecule has 18 heavy (non-hydrogen) atoms. The van der Waals surface area contributed by atoms with Crippen molar-refractivity contribution in [3.8, 4) is 6.07 Å². The molecule has 3 nitrogen and oxygen atoms in total. The topological polar surface area (TPSA) is 41.6 Å². The second-order valence-corrected chi connectivity index (χ2v) is 6.59. The van der Waals surface area contributed by atoms with Crippen molar-refractivity contribution in [3.05, 3.63) is 18.7 Å². The highest BCUT2D eigenvalue weighted by molar-refractivity contribution is 5.07. The van der Waals surface area contributed by atoms with Crippen molar-refractivity contribution in [3.63, 3.8) is 0 Å². The maximum absolute atomic E-state index is 9.58. The molecule has 4 bridgehead atoms. The van der Waals surface area contributed by atoms with E-state index >= 15 is 0 Å². The fourth-order valence-electron chi connectivity index (χ4n) is 5.27. The monoisotopic (exact) mass is 241 g/mol. The van der Waals surface area contributed by atoms with E-state index in [1.807, 2.05) is 17.1 Å². The Morgan fingerprint density at radius 2 is 1.78 bits per heavy atom. The Bertz CT molecular complexity index is 442. The Balaban J connectivity index is 1.66. The number of rotatable bonds is 2. The first kappa shape index (κ1) is 10.6. The van der Waals surface area contributed by atoms with Crippen molar-refractivity contribution in [2.75, 3.05) is 0 Å². The molecule has 0 aromatic carbocycles. The predicted octanol–water partition coefficient (Wildman–Crippen LogP) is 3.02. The highest BCUT2D eigenvalue weighted by Crippen LogP contribution is 2.58. The van der Waals surface area contributed by atoms with E-state index in [0.717, 1.165) is 23.7 Å². The summed E-state index contributed by atoms with van der Waals surface area (Å²) in [4.78, 5) is 4.12. The maximum Gasteiger partial charge on any atom is 0.125 e. The molecule has 0 amide bonds. The minimum absolute atomic E-state index is 0.0162. The molecule has 0 radical (unpaired) electrons. The summed E-state index contributed by atoms with van der Waals surface area (Å²) in [7, 11) is 0. The second-order valence-electron chi connectivity index (χ2n) is 6.59. The first-order chi connectivity index (χ1) is 8.85. The lowest BCUT2D eigenvalue weighted by atomic mass is 9.50. The van der Waals surface area contributed by atoms with Crippen LogP contribution in [-0.4, -0.2) is 9.55 Å². The number of aromatic nitrogens is 2. The van der Waals surface area contributed by atoms with Crippen LogP contribution in [0.1, 0.15) is 38.1 Å². The van der Waals surface area contributed by atoms with Gasteiger partial charge in [-0.05, 0) is 61.7 Å². The predicted molar refractivity (Wildman–Crippen MR) is 67.4 cm³/mol. The Morgan fingerprint density at radius 3 is 2.28 bits per heavy atom. The van der Waals surface area contributed by atoms with Gasteiger partial charge in [0, 0.05) is 12.4 Å².